The minimum atomic E-state index is -1.66. The number of aliphatic hydroxyl groups excluding tert-OH is 11. The van der Waals surface area contributed by atoms with E-state index in [-0.39, 0.29) is 62.4 Å². The molecule has 0 bridgehead atoms. The molecule has 19 nitrogen and oxygen atoms in total. The van der Waals surface area contributed by atoms with Gasteiger partial charge in [0.1, 0.15) is 54.9 Å². The lowest BCUT2D eigenvalue weighted by molar-refractivity contribution is -0.349. The quantitative estimate of drug-likeness (QED) is 0.0908. The molecule has 26 atom stereocenters. The van der Waals surface area contributed by atoms with E-state index in [1.807, 2.05) is 6.92 Å². The lowest BCUT2D eigenvalue weighted by atomic mass is 9.41. The predicted molar refractivity (Wildman–Crippen MR) is 221 cm³/mol. The van der Waals surface area contributed by atoms with E-state index in [2.05, 4.69) is 27.7 Å². The van der Waals surface area contributed by atoms with Crippen LogP contribution in [0.25, 0.3) is 0 Å². The molecule has 19 heteroatoms. The summed E-state index contributed by atoms with van der Waals surface area (Å²) in [5.74, 6) is -1.57. The zero-order valence-corrected chi connectivity index (χ0v) is 38.1. The lowest BCUT2D eigenvalue weighted by Crippen LogP contribution is -2.71. The second-order valence-electron chi connectivity index (χ2n) is 21.4. The molecule has 0 aromatic carbocycles. The van der Waals surface area contributed by atoms with E-state index in [4.69, 9.17) is 33.2 Å². The van der Waals surface area contributed by atoms with E-state index in [0.29, 0.717) is 32.1 Å². The molecule has 3 unspecified atom stereocenters. The van der Waals surface area contributed by atoms with Crippen LogP contribution in [-0.2, 0) is 33.2 Å². The summed E-state index contributed by atoms with van der Waals surface area (Å²) >= 11 is 0. The number of ether oxygens (including phenoxy) is 7. The van der Waals surface area contributed by atoms with Gasteiger partial charge in [0.05, 0.1) is 62.5 Å². The van der Waals surface area contributed by atoms with Gasteiger partial charge in [-0.15, -0.1) is 0 Å². The summed E-state index contributed by atoms with van der Waals surface area (Å²) in [6.07, 6.45) is -17.1. The van der Waals surface area contributed by atoms with Gasteiger partial charge in [-0.05, 0) is 78.9 Å². The Morgan fingerprint density at radius 1 is 0.594 bits per heavy atom. The predicted octanol–water partition coefficient (Wildman–Crippen LogP) is -1.88. The number of fused-ring (bicyclic) bond motifs is 5. The molecule has 0 spiro atoms. The molecule has 7 aliphatic rings. The summed E-state index contributed by atoms with van der Waals surface area (Å²) in [5.41, 5.74) is -2.75. The Bertz CT molecular complexity index is 1530. The Kier molecular flexibility index (Phi) is 15.9. The Balaban J connectivity index is 0.887. The molecule has 4 saturated carbocycles. The third kappa shape index (κ3) is 9.10. The zero-order valence-electron chi connectivity index (χ0n) is 38.1. The Labute approximate surface area is 375 Å². The standard InChI is InChI=1S/C45H78O19/c1-19(2)21(8-7-20(3)28-33(52)34(53)39-44(28,5)13-10-27-43(4)12-9-22(46)30(49)29(43)23(47)15-45(27,39)57)11-14-59-40-35(54)31(50)25(17-61-40)63-41-36(55)32(51)26(18-62-41)64-42-37(56)38(58-6)24(48)16-60-42/h19-42,46-57H,7-18H2,1-6H3/t20-,21-,22+,23+,24-,25-,26-,27?,28+,29?,30+,31+,32+,33-,34-,35-,36-,37-,38+,39?,40-,41+,42+,43-,44-,45+/m1/s1. The number of aliphatic hydroxyl groups is 12. The van der Waals surface area contributed by atoms with Crippen LogP contribution < -0.4 is 0 Å². The van der Waals surface area contributed by atoms with Crippen LogP contribution >= 0.6 is 0 Å². The van der Waals surface area contributed by atoms with Gasteiger partial charge in [0, 0.05) is 25.4 Å². The fraction of sp³-hybridized carbons (Fsp3) is 1.00. The third-order valence-corrected chi connectivity index (χ3v) is 17.4. The summed E-state index contributed by atoms with van der Waals surface area (Å²) in [4.78, 5) is 0. The zero-order chi connectivity index (χ0) is 46.8. The summed E-state index contributed by atoms with van der Waals surface area (Å²) in [7, 11) is 1.31. The Morgan fingerprint density at radius 3 is 1.80 bits per heavy atom. The van der Waals surface area contributed by atoms with Crippen molar-refractivity contribution in [3.05, 3.63) is 0 Å². The van der Waals surface area contributed by atoms with Crippen LogP contribution in [0.3, 0.4) is 0 Å². The highest BCUT2D eigenvalue weighted by molar-refractivity contribution is 5.22. The van der Waals surface area contributed by atoms with Crippen molar-refractivity contribution >= 4 is 0 Å². The van der Waals surface area contributed by atoms with Crippen LogP contribution in [0.2, 0.25) is 0 Å². The summed E-state index contributed by atoms with van der Waals surface area (Å²) in [6.45, 7) is 9.85. The van der Waals surface area contributed by atoms with Crippen molar-refractivity contribution < 1.29 is 94.4 Å². The van der Waals surface area contributed by atoms with Crippen molar-refractivity contribution in [2.45, 2.75) is 196 Å². The van der Waals surface area contributed by atoms with Crippen molar-refractivity contribution in [2.24, 2.45) is 52.3 Å². The lowest BCUT2D eigenvalue weighted by Gasteiger charge is -2.66. The molecule has 64 heavy (non-hydrogen) atoms. The molecule has 4 aliphatic carbocycles. The van der Waals surface area contributed by atoms with Gasteiger partial charge in [0.2, 0.25) is 0 Å². The van der Waals surface area contributed by atoms with Gasteiger partial charge in [-0.1, -0.05) is 41.0 Å². The summed E-state index contributed by atoms with van der Waals surface area (Å²) in [6, 6.07) is 0. The minimum Gasteiger partial charge on any atom is -0.393 e. The maximum absolute atomic E-state index is 12.7. The molecule has 12 N–H and O–H groups in total. The van der Waals surface area contributed by atoms with Crippen molar-refractivity contribution in [1.29, 1.82) is 0 Å². The van der Waals surface area contributed by atoms with Gasteiger partial charge < -0.3 is 94.4 Å². The largest absolute Gasteiger partial charge is 0.393 e. The topological polar surface area (TPSA) is 307 Å². The molecule has 7 fully saturated rings. The van der Waals surface area contributed by atoms with Crippen molar-refractivity contribution in [3.63, 3.8) is 0 Å². The van der Waals surface area contributed by atoms with Crippen LogP contribution in [0.15, 0.2) is 0 Å². The van der Waals surface area contributed by atoms with E-state index >= 15 is 0 Å². The van der Waals surface area contributed by atoms with E-state index in [1.54, 1.807) is 0 Å². The van der Waals surface area contributed by atoms with Gasteiger partial charge in [-0.25, -0.2) is 0 Å². The summed E-state index contributed by atoms with van der Waals surface area (Å²) in [5, 5.41) is 133. The van der Waals surface area contributed by atoms with Gasteiger partial charge in [0.15, 0.2) is 18.9 Å². The van der Waals surface area contributed by atoms with E-state index in [9.17, 15) is 61.3 Å². The van der Waals surface area contributed by atoms with Crippen LogP contribution in [0.1, 0.15) is 86.0 Å². The molecule has 0 radical (unpaired) electrons. The fourth-order valence-electron chi connectivity index (χ4n) is 14.0. The maximum Gasteiger partial charge on any atom is 0.186 e. The second-order valence-corrected chi connectivity index (χ2v) is 21.4. The summed E-state index contributed by atoms with van der Waals surface area (Å²) < 4.78 is 39.2. The van der Waals surface area contributed by atoms with Gasteiger partial charge in [0.25, 0.3) is 0 Å². The first-order valence-corrected chi connectivity index (χ1v) is 23.6. The van der Waals surface area contributed by atoms with Gasteiger partial charge in [-0.2, -0.15) is 0 Å². The Hall–Kier alpha value is -0.760. The number of hydrogen-bond acceptors (Lipinski definition) is 19. The van der Waals surface area contributed by atoms with Crippen LogP contribution in [0.4, 0.5) is 0 Å². The van der Waals surface area contributed by atoms with Crippen LogP contribution in [0.5, 0.6) is 0 Å². The first-order valence-electron chi connectivity index (χ1n) is 23.6. The minimum absolute atomic E-state index is 0.0373. The molecule has 0 amide bonds. The highest BCUT2D eigenvalue weighted by Gasteiger charge is 2.73. The van der Waals surface area contributed by atoms with Crippen LogP contribution in [-0.4, -0.2) is 205 Å². The molecule has 3 heterocycles. The average Bonchev–Trinajstić information content (AvgIpc) is 3.44. The van der Waals surface area contributed by atoms with Crippen molar-refractivity contribution in [1.82, 2.24) is 0 Å². The first kappa shape index (κ1) is 51.1. The van der Waals surface area contributed by atoms with E-state index in [1.165, 1.54) is 7.11 Å². The number of rotatable bonds is 14. The highest BCUT2D eigenvalue weighted by Crippen LogP contribution is 2.70. The molecular formula is C45H78O19. The molecule has 7 rings (SSSR count). The monoisotopic (exact) mass is 923 g/mol. The highest BCUT2D eigenvalue weighted by atomic mass is 16.7. The first-order chi connectivity index (χ1) is 30.1. The Morgan fingerprint density at radius 2 is 1.17 bits per heavy atom. The van der Waals surface area contributed by atoms with E-state index in [0.717, 1.165) is 12.8 Å². The SMILES string of the molecule is CO[C@@H]1[C@@H](O)[C@H](O[C@@H]2CO[C@@H](O[C@@H]3CO[C@@H](OCC[C@@H](CC[C@@H](C)[C@H]4[C@@H](O)[C@@H](O)C5[C@]6(O)C[C@H](O)C7[C@@H](O)[C@@H](O)CC[C@]7(C)C6CC[C@@]54C)C(C)C)[C@H](O)[C@H]3O)[C@H](O)[C@H]2O)OC[C@H]1O. The van der Waals surface area contributed by atoms with Crippen molar-refractivity contribution in [2.75, 3.05) is 33.5 Å². The molecule has 3 saturated heterocycles. The van der Waals surface area contributed by atoms with Gasteiger partial charge >= 0.3 is 0 Å². The van der Waals surface area contributed by atoms with Gasteiger partial charge in [-0.3, -0.25) is 0 Å². The maximum atomic E-state index is 12.7. The van der Waals surface area contributed by atoms with Crippen molar-refractivity contribution in [3.8, 4) is 0 Å². The van der Waals surface area contributed by atoms with E-state index < -0.39 is 133 Å². The smallest absolute Gasteiger partial charge is 0.186 e. The molecule has 372 valence electrons. The third-order valence-electron chi connectivity index (χ3n) is 17.4. The normalized spacial score (nSPS) is 53.0. The molecular weight excluding hydrogens is 844 g/mol. The molecule has 0 aromatic rings. The second kappa shape index (κ2) is 19.9. The molecule has 3 aliphatic heterocycles. The average molecular weight is 923 g/mol. The number of hydrogen-bond donors (Lipinski definition) is 12. The van der Waals surface area contributed by atoms with Crippen LogP contribution in [0, 0.1) is 52.3 Å². The fourth-order valence-corrected chi connectivity index (χ4v) is 14.0. The number of methoxy groups -OCH3 is 1. The molecule has 0 aromatic heterocycles.